The molecule has 64 heavy (non-hydrogen) atoms. The van der Waals surface area contributed by atoms with Gasteiger partial charge in [0.2, 0.25) is 0 Å². The Morgan fingerprint density at radius 3 is 0.969 bits per heavy atom. The van der Waals surface area contributed by atoms with Gasteiger partial charge in [0.05, 0.1) is 0 Å². The summed E-state index contributed by atoms with van der Waals surface area (Å²) < 4.78 is 16.8. The average molecular weight is 889 g/mol. The molecule has 1 atom stereocenters. The van der Waals surface area contributed by atoms with Crippen LogP contribution in [0.15, 0.2) is 97.2 Å². The van der Waals surface area contributed by atoms with Gasteiger partial charge in [-0.2, -0.15) is 0 Å². The summed E-state index contributed by atoms with van der Waals surface area (Å²) in [4.78, 5) is 38.0. The van der Waals surface area contributed by atoms with Crippen LogP contribution in [0.5, 0.6) is 0 Å². The molecule has 0 aromatic rings. The molecule has 0 bridgehead atoms. The second-order valence-corrected chi connectivity index (χ2v) is 17.2. The third kappa shape index (κ3) is 49.3. The second kappa shape index (κ2) is 52.0. The first kappa shape index (κ1) is 60.3. The lowest BCUT2D eigenvalue weighted by Crippen LogP contribution is -2.30. The van der Waals surface area contributed by atoms with E-state index in [2.05, 4.69) is 69.4 Å². The number of hydrogen-bond acceptors (Lipinski definition) is 6. The standard InChI is InChI=1S/C58H96O6/c1-4-7-10-13-16-19-22-25-27-28-29-31-33-36-39-42-45-48-51-57(60)63-54-55(53-62-56(59)50-47-44-41-38-35-32-24-21-18-15-12-9-6-3)64-58(61)52-49-46-43-40-37-34-30-26-23-20-17-14-11-8-5-2/h8,11,14,17,20,22-23,25-31,34,37,55H,4-7,9-10,12-13,15-16,18-19,21,24,32-33,35-36,38-54H2,1-3H3/b11-8-,17-14-,23-20-,25-22-,28-27-,30-26-,31-29-,37-34-. The molecule has 0 aromatic heterocycles. The molecule has 0 aromatic carbocycles. The van der Waals surface area contributed by atoms with Gasteiger partial charge in [0.15, 0.2) is 6.10 Å². The number of esters is 3. The summed E-state index contributed by atoms with van der Waals surface area (Å²) in [5, 5.41) is 0. The largest absolute Gasteiger partial charge is 0.462 e. The molecule has 0 amide bonds. The van der Waals surface area contributed by atoms with Crippen LogP contribution >= 0.6 is 0 Å². The Bertz CT molecular complexity index is 1300. The van der Waals surface area contributed by atoms with E-state index in [-0.39, 0.29) is 37.5 Å². The van der Waals surface area contributed by atoms with Crippen molar-refractivity contribution in [3.63, 3.8) is 0 Å². The summed E-state index contributed by atoms with van der Waals surface area (Å²) in [6.45, 7) is 6.42. The van der Waals surface area contributed by atoms with Gasteiger partial charge in [-0.25, -0.2) is 0 Å². The van der Waals surface area contributed by atoms with Gasteiger partial charge in [-0.05, 0) is 64.2 Å². The van der Waals surface area contributed by atoms with E-state index in [0.717, 1.165) is 89.9 Å². The highest BCUT2D eigenvalue weighted by atomic mass is 16.6. The van der Waals surface area contributed by atoms with Gasteiger partial charge in [-0.1, -0.05) is 246 Å². The maximum absolute atomic E-state index is 12.8. The van der Waals surface area contributed by atoms with E-state index in [4.69, 9.17) is 14.2 Å². The summed E-state index contributed by atoms with van der Waals surface area (Å²) in [7, 11) is 0. The summed E-state index contributed by atoms with van der Waals surface area (Å²) in [6.07, 6.45) is 68.1. The zero-order chi connectivity index (χ0) is 46.5. The lowest BCUT2D eigenvalue weighted by atomic mass is 10.0. The van der Waals surface area contributed by atoms with Gasteiger partial charge >= 0.3 is 17.9 Å². The highest BCUT2D eigenvalue weighted by Gasteiger charge is 2.19. The molecule has 364 valence electrons. The predicted octanol–water partition coefficient (Wildman–Crippen LogP) is 17.4. The third-order valence-corrected chi connectivity index (χ3v) is 11.0. The molecular weight excluding hydrogens is 793 g/mol. The molecule has 1 unspecified atom stereocenters. The normalized spacial score (nSPS) is 12.9. The van der Waals surface area contributed by atoms with Gasteiger partial charge in [0.1, 0.15) is 13.2 Å². The Balaban J connectivity index is 4.50. The number of unbranched alkanes of at least 4 members (excludes halogenated alkanes) is 25. The Kier molecular flexibility index (Phi) is 49.0. The Morgan fingerprint density at radius 2 is 0.609 bits per heavy atom. The third-order valence-electron chi connectivity index (χ3n) is 11.0. The maximum Gasteiger partial charge on any atom is 0.306 e. The first-order chi connectivity index (χ1) is 31.5. The van der Waals surface area contributed by atoms with Crippen LogP contribution in [0, 0.1) is 0 Å². The van der Waals surface area contributed by atoms with E-state index in [1.807, 2.05) is 48.6 Å². The molecule has 0 heterocycles. The van der Waals surface area contributed by atoms with E-state index in [1.54, 1.807) is 0 Å². The van der Waals surface area contributed by atoms with E-state index in [9.17, 15) is 14.4 Å². The molecule has 0 spiro atoms. The van der Waals surface area contributed by atoms with E-state index >= 15 is 0 Å². The van der Waals surface area contributed by atoms with Gasteiger partial charge in [-0.3, -0.25) is 14.4 Å². The van der Waals surface area contributed by atoms with Crippen LogP contribution in [-0.4, -0.2) is 37.2 Å². The van der Waals surface area contributed by atoms with Crippen molar-refractivity contribution < 1.29 is 28.6 Å². The first-order valence-corrected chi connectivity index (χ1v) is 26.3. The van der Waals surface area contributed by atoms with Crippen molar-refractivity contribution >= 4 is 17.9 Å². The fourth-order valence-corrected chi connectivity index (χ4v) is 7.05. The summed E-state index contributed by atoms with van der Waals surface area (Å²) in [5.41, 5.74) is 0. The molecule has 0 saturated heterocycles. The topological polar surface area (TPSA) is 78.9 Å². The van der Waals surface area contributed by atoms with Gasteiger partial charge in [-0.15, -0.1) is 0 Å². The average Bonchev–Trinajstić information content (AvgIpc) is 3.29. The van der Waals surface area contributed by atoms with Crippen LogP contribution in [0.2, 0.25) is 0 Å². The number of carbonyl (C=O) groups is 3. The smallest absolute Gasteiger partial charge is 0.306 e. The van der Waals surface area contributed by atoms with Gasteiger partial charge in [0, 0.05) is 19.3 Å². The lowest BCUT2D eigenvalue weighted by molar-refractivity contribution is -0.167. The Labute approximate surface area is 394 Å². The van der Waals surface area contributed by atoms with Crippen molar-refractivity contribution in [2.45, 2.75) is 239 Å². The summed E-state index contributed by atoms with van der Waals surface area (Å²) >= 11 is 0. The molecule has 0 rings (SSSR count). The molecule has 0 radical (unpaired) electrons. The summed E-state index contributed by atoms with van der Waals surface area (Å²) in [6, 6.07) is 0. The SMILES string of the molecule is CC\C=C/C=C\C=C/C=C\C=C/CCCCCC(=O)OC(COC(=O)CCCCCCC\C=C/C=C\C=C/CCCCCCC)COC(=O)CCCCCCCCCCCCCCC. The zero-order valence-corrected chi connectivity index (χ0v) is 41.5. The molecule has 0 fully saturated rings. The van der Waals surface area contributed by atoms with Crippen LogP contribution < -0.4 is 0 Å². The fraction of sp³-hybridized carbons (Fsp3) is 0.672. The minimum Gasteiger partial charge on any atom is -0.462 e. The van der Waals surface area contributed by atoms with Crippen LogP contribution in [-0.2, 0) is 28.6 Å². The molecule has 0 aliphatic carbocycles. The maximum atomic E-state index is 12.8. The molecule has 6 nitrogen and oxygen atoms in total. The zero-order valence-electron chi connectivity index (χ0n) is 41.5. The van der Waals surface area contributed by atoms with Crippen molar-refractivity contribution in [2.75, 3.05) is 13.2 Å². The Hall–Kier alpha value is -3.67. The molecule has 0 aliphatic heterocycles. The number of hydrogen-bond donors (Lipinski definition) is 0. The highest BCUT2D eigenvalue weighted by molar-refractivity contribution is 5.71. The molecular formula is C58H96O6. The van der Waals surface area contributed by atoms with E-state index < -0.39 is 6.10 Å². The van der Waals surface area contributed by atoms with Crippen molar-refractivity contribution in [1.29, 1.82) is 0 Å². The van der Waals surface area contributed by atoms with Crippen LogP contribution in [0.3, 0.4) is 0 Å². The van der Waals surface area contributed by atoms with E-state index in [0.29, 0.717) is 19.3 Å². The monoisotopic (exact) mass is 889 g/mol. The van der Waals surface area contributed by atoms with E-state index in [1.165, 1.54) is 96.3 Å². The first-order valence-electron chi connectivity index (χ1n) is 26.3. The minimum absolute atomic E-state index is 0.101. The molecule has 0 aliphatic rings. The fourth-order valence-electron chi connectivity index (χ4n) is 7.05. The number of ether oxygens (including phenoxy) is 3. The molecule has 0 saturated carbocycles. The van der Waals surface area contributed by atoms with Crippen molar-refractivity contribution in [1.82, 2.24) is 0 Å². The second-order valence-electron chi connectivity index (χ2n) is 17.2. The van der Waals surface area contributed by atoms with Gasteiger partial charge in [0.25, 0.3) is 0 Å². The van der Waals surface area contributed by atoms with Crippen LogP contribution in [0.25, 0.3) is 0 Å². The summed E-state index contributed by atoms with van der Waals surface area (Å²) in [5.74, 6) is -0.964. The lowest BCUT2D eigenvalue weighted by Gasteiger charge is -2.18. The van der Waals surface area contributed by atoms with Crippen LogP contribution in [0.4, 0.5) is 0 Å². The van der Waals surface area contributed by atoms with Crippen molar-refractivity contribution in [3.05, 3.63) is 97.2 Å². The number of rotatable bonds is 46. The quantitative estimate of drug-likeness (QED) is 0.0262. The van der Waals surface area contributed by atoms with Crippen LogP contribution in [0.1, 0.15) is 233 Å². The number of allylic oxidation sites excluding steroid dienone is 16. The van der Waals surface area contributed by atoms with Crippen molar-refractivity contribution in [2.24, 2.45) is 0 Å². The number of carbonyl (C=O) groups excluding carboxylic acids is 3. The highest BCUT2D eigenvalue weighted by Crippen LogP contribution is 2.14. The minimum atomic E-state index is -0.807. The Morgan fingerprint density at radius 1 is 0.328 bits per heavy atom. The van der Waals surface area contributed by atoms with Gasteiger partial charge < -0.3 is 14.2 Å². The molecule has 6 heteroatoms. The van der Waals surface area contributed by atoms with Crippen molar-refractivity contribution in [3.8, 4) is 0 Å². The molecule has 0 N–H and O–H groups in total. The predicted molar refractivity (Wildman–Crippen MR) is 274 cm³/mol.